The summed E-state index contributed by atoms with van der Waals surface area (Å²) >= 11 is 5.89. The number of halogens is 2. The number of aromatic nitrogens is 4. The zero-order chi connectivity index (χ0) is 20.0. The number of fused-ring (bicyclic) bond motifs is 1. The minimum Gasteiger partial charge on any atom is -0.340 e. The number of anilines is 3. The van der Waals surface area contributed by atoms with Gasteiger partial charge in [-0.1, -0.05) is 11.6 Å². The van der Waals surface area contributed by atoms with Gasteiger partial charge in [0.15, 0.2) is 5.82 Å². The molecule has 2 saturated heterocycles. The zero-order valence-corrected chi connectivity index (χ0v) is 16.8. The van der Waals surface area contributed by atoms with E-state index >= 15 is 0 Å². The van der Waals surface area contributed by atoms with E-state index in [-0.39, 0.29) is 5.02 Å². The van der Waals surface area contributed by atoms with Crippen LogP contribution in [0.15, 0.2) is 30.7 Å². The summed E-state index contributed by atoms with van der Waals surface area (Å²) in [5, 5.41) is 3.21. The van der Waals surface area contributed by atoms with Gasteiger partial charge < -0.3 is 15.1 Å². The van der Waals surface area contributed by atoms with Crippen LogP contribution in [0.25, 0.3) is 11.0 Å². The Morgan fingerprint density at radius 3 is 2.69 bits per heavy atom. The van der Waals surface area contributed by atoms with Crippen molar-refractivity contribution >= 4 is 40.1 Å². The average molecular weight is 414 g/mol. The van der Waals surface area contributed by atoms with E-state index in [1.165, 1.54) is 31.3 Å². The third kappa shape index (κ3) is 3.47. The van der Waals surface area contributed by atoms with Gasteiger partial charge in [0.25, 0.3) is 0 Å². The van der Waals surface area contributed by atoms with Gasteiger partial charge in [0.05, 0.1) is 11.2 Å². The van der Waals surface area contributed by atoms with Crippen molar-refractivity contribution in [2.45, 2.75) is 12.8 Å². The maximum atomic E-state index is 13.4. The first-order valence-electron chi connectivity index (χ1n) is 9.65. The van der Waals surface area contributed by atoms with Gasteiger partial charge in [-0.25, -0.2) is 24.3 Å². The fourth-order valence-corrected chi connectivity index (χ4v) is 4.29. The highest BCUT2D eigenvalue weighted by Crippen LogP contribution is 2.41. The number of piperidine rings is 1. The fourth-order valence-electron chi connectivity index (χ4n) is 4.11. The minimum absolute atomic E-state index is 0.0488. The lowest BCUT2D eigenvalue weighted by Gasteiger charge is -2.53. The second kappa shape index (κ2) is 7.03. The van der Waals surface area contributed by atoms with E-state index in [0.29, 0.717) is 33.9 Å². The van der Waals surface area contributed by atoms with Crippen LogP contribution in [0, 0.1) is 11.2 Å². The Kier molecular flexibility index (Phi) is 4.48. The molecular weight excluding hydrogens is 393 g/mol. The van der Waals surface area contributed by atoms with Gasteiger partial charge in [0.1, 0.15) is 23.2 Å². The van der Waals surface area contributed by atoms with E-state index in [1.54, 1.807) is 12.3 Å². The first-order valence-corrected chi connectivity index (χ1v) is 10.0. The molecule has 5 rings (SSSR count). The van der Waals surface area contributed by atoms with E-state index in [1.807, 2.05) is 0 Å². The monoisotopic (exact) mass is 413 g/mol. The van der Waals surface area contributed by atoms with Crippen LogP contribution in [-0.4, -0.2) is 58.1 Å². The van der Waals surface area contributed by atoms with Crippen LogP contribution >= 0.6 is 11.6 Å². The molecule has 2 aliphatic heterocycles. The molecule has 3 aromatic rings. The van der Waals surface area contributed by atoms with Crippen molar-refractivity contribution in [3.63, 3.8) is 0 Å². The first kappa shape index (κ1) is 18.4. The molecule has 9 heteroatoms. The van der Waals surface area contributed by atoms with Gasteiger partial charge in [-0.05, 0) is 51.2 Å². The molecule has 1 spiro atoms. The number of hydrogen-bond donors (Lipinski definition) is 1. The largest absolute Gasteiger partial charge is 0.340 e. The second-order valence-corrected chi connectivity index (χ2v) is 8.45. The number of nitrogens with zero attached hydrogens (tertiary/aromatic N) is 6. The summed E-state index contributed by atoms with van der Waals surface area (Å²) in [4.78, 5) is 22.4. The number of nitrogens with one attached hydrogen (secondary N) is 1. The molecule has 1 aromatic carbocycles. The van der Waals surface area contributed by atoms with Crippen molar-refractivity contribution < 1.29 is 4.39 Å². The van der Waals surface area contributed by atoms with Crippen molar-refractivity contribution in [3.05, 3.63) is 41.6 Å². The van der Waals surface area contributed by atoms with Crippen LogP contribution in [0.2, 0.25) is 5.02 Å². The first-order chi connectivity index (χ1) is 14.0. The van der Waals surface area contributed by atoms with Crippen LogP contribution in [0.3, 0.4) is 0 Å². The Morgan fingerprint density at radius 1 is 1.14 bits per heavy atom. The second-order valence-electron chi connectivity index (χ2n) is 8.04. The van der Waals surface area contributed by atoms with Crippen LogP contribution in [0.5, 0.6) is 0 Å². The third-order valence-corrected chi connectivity index (χ3v) is 6.22. The molecule has 0 amide bonds. The number of rotatable bonds is 3. The lowest BCUT2D eigenvalue weighted by Crippen LogP contribution is -2.60. The topological polar surface area (TPSA) is 70.1 Å². The lowest BCUT2D eigenvalue weighted by atomic mass is 9.72. The number of benzene rings is 1. The standard InChI is InChI=1S/C20H21ClFN7/c1-28-6-4-20(5-7-28)10-29(11-20)19-23-9-16-17(27-19)18(25-12-24-16)26-13-2-3-15(22)14(21)8-13/h2-3,8-9,12H,4-7,10-11H2,1H3,(H,24,25,26). The quantitative estimate of drug-likeness (QED) is 0.704. The van der Waals surface area contributed by atoms with Gasteiger partial charge >= 0.3 is 0 Å². The molecule has 0 saturated carbocycles. The molecule has 2 fully saturated rings. The SMILES string of the molecule is CN1CCC2(CC1)CN(c1ncc3ncnc(Nc4ccc(F)c(Cl)c4)c3n1)C2. The molecule has 1 N–H and O–H groups in total. The predicted octanol–water partition coefficient (Wildman–Crippen LogP) is 3.49. The van der Waals surface area contributed by atoms with Gasteiger partial charge in [0, 0.05) is 24.2 Å². The van der Waals surface area contributed by atoms with Crippen LogP contribution < -0.4 is 10.2 Å². The van der Waals surface area contributed by atoms with Crippen LogP contribution in [0.4, 0.5) is 21.8 Å². The zero-order valence-electron chi connectivity index (χ0n) is 16.1. The Bertz CT molecular complexity index is 1060. The molecule has 4 heterocycles. The van der Waals surface area contributed by atoms with Crippen molar-refractivity contribution in [2.75, 3.05) is 43.4 Å². The maximum absolute atomic E-state index is 13.4. The minimum atomic E-state index is -0.463. The summed E-state index contributed by atoms with van der Waals surface area (Å²) in [5.41, 5.74) is 2.30. The molecule has 0 aliphatic carbocycles. The summed E-state index contributed by atoms with van der Waals surface area (Å²) in [5.74, 6) is 0.767. The molecule has 7 nitrogen and oxygen atoms in total. The highest BCUT2D eigenvalue weighted by Gasteiger charge is 2.45. The summed E-state index contributed by atoms with van der Waals surface area (Å²) in [6, 6.07) is 4.44. The Hall–Kier alpha value is -2.58. The van der Waals surface area contributed by atoms with Gasteiger partial charge in [-0.3, -0.25) is 0 Å². The molecular formula is C20H21ClFN7. The van der Waals surface area contributed by atoms with Crippen molar-refractivity contribution in [1.82, 2.24) is 24.8 Å². The molecule has 2 aromatic heterocycles. The van der Waals surface area contributed by atoms with E-state index in [0.717, 1.165) is 26.2 Å². The van der Waals surface area contributed by atoms with Crippen LogP contribution in [-0.2, 0) is 0 Å². The Labute approximate surface area is 172 Å². The lowest BCUT2D eigenvalue weighted by molar-refractivity contribution is 0.0895. The predicted molar refractivity (Wildman–Crippen MR) is 111 cm³/mol. The number of hydrogen-bond acceptors (Lipinski definition) is 7. The van der Waals surface area contributed by atoms with E-state index < -0.39 is 5.82 Å². The molecule has 150 valence electrons. The smallest absolute Gasteiger partial charge is 0.226 e. The fraction of sp³-hybridized carbons (Fsp3) is 0.400. The van der Waals surface area contributed by atoms with Crippen molar-refractivity contribution in [2.24, 2.45) is 5.41 Å². The van der Waals surface area contributed by atoms with E-state index in [2.05, 4.69) is 37.1 Å². The van der Waals surface area contributed by atoms with E-state index in [9.17, 15) is 4.39 Å². The van der Waals surface area contributed by atoms with Gasteiger partial charge in [0.2, 0.25) is 5.95 Å². The number of likely N-dealkylation sites (tertiary alicyclic amines) is 1. The summed E-state index contributed by atoms with van der Waals surface area (Å²) < 4.78 is 13.4. The van der Waals surface area contributed by atoms with Gasteiger partial charge in [-0.2, -0.15) is 0 Å². The highest BCUT2D eigenvalue weighted by molar-refractivity contribution is 6.31. The maximum Gasteiger partial charge on any atom is 0.226 e. The summed E-state index contributed by atoms with van der Waals surface area (Å²) in [6.45, 7) is 4.26. The van der Waals surface area contributed by atoms with E-state index in [4.69, 9.17) is 16.6 Å². The molecule has 0 bridgehead atoms. The normalized spacial score (nSPS) is 18.8. The van der Waals surface area contributed by atoms with Crippen molar-refractivity contribution in [1.29, 1.82) is 0 Å². The third-order valence-electron chi connectivity index (χ3n) is 5.93. The molecule has 0 unspecified atom stereocenters. The van der Waals surface area contributed by atoms with Crippen LogP contribution in [0.1, 0.15) is 12.8 Å². The Balaban J connectivity index is 1.40. The molecule has 0 atom stereocenters. The highest BCUT2D eigenvalue weighted by atomic mass is 35.5. The molecule has 0 radical (unpaired) electrons. The molecule has 29 heavy (non-hydrogen) atoms. The van der Waals surface area contributed by atoms with Crippen molar-refractivity contribution in [3.8, 4) is 0 Å². The summed E-state index contributed by atoms with van der Waals surface area (Å²) in [6.07, 6.45) is 5.61. The van der Waals surface area contributed by atoms with Gasteiger partial charge in [-0.15, -0.1) is 0 Å². The summed E-state index contributed by atoms with van der Waals surface area (Å²) in [7, 11) is 2.18. The molecule has 2 aliphatic rings. The Morgan fingerprint density at radius 2 is 1.93 bits per heavy atom. The average Bonchev–Trinajstić information content (AvgIpc) is 2.70.